The van der Waals surface area contributed by atoms with Crippen molar-refractivity contribution in [3.05, 3.63) is 54.5 Å². The predicted molar refractivity (Wildman–Crippen MR) is 162 cm³/mol. The molecule has 6 atom stereocenters. The molecule has 0 radical (unpaired) electrons. The number of nitrogens with two attached hydrogens (primary N) is 1. The Morgan fingerprint density at radius 1 is 1.11 bits per heavy atom. The van der Waals surface area contributed by atoms with E-state index in [-0.39, 0.29) is 19.1 Å². The molecule has 4 heterocycles. The quantitative estimate of drug-likeness (QED) is 0.200. The van der Waals surface area contributed by atoms with Gasteiger partial charge in [-0.05, 0) is 57.9 Å². The van der Waals surface area contributed by atoms with E-state index in [0.717, 1.165) is 12.8 Å². The van der Waals surface area contributed by atoms with Crippen molar-refractivity contribution in [2.75, 3.05) is 18.9 Å². The summed E-state index contributed by atoms with van der Waals surface area (Å²) >= 11 is 0. The molecule has 44 heavy (non-hydrogen) atoms. The molecule has 3 aromatic rings. The summed E-state index contributed by atoms with van der Waals surface area (Å²) in [5.74, 6) is -0.608. The van der Waals surface area contributed by atoms with Crippen LogP contribution in [0.3, 0.4) is 0 Å². The minimum atomic E-state index is -4.15. The highest BCUT2D eigenvalue weighted by molar-refractivity contribution is 7.52. The molecule has 13 nitrogen and oxygen atoms in total. The Kier molecular flexibility index (Phi) is 9.36. The number of carbonyl (C=O) groups excluding carboxylic acids is 1. The third kappa shape index (κ3) is 6.63. The van der Waals surface area contributed by atoms with Gasteiger partial charge in [0.15, 0.2) is 11.6 Å². The Balaban J connectivity index is 1.37. The van der Waals surface area contributed by atoms with Gasteiger partial charge in [-0.1, -0.05) is 44.9 Å². The predicted octanol–water partition coefficient (Wildman–Crippen LogP) is 4.61. The smallest absolute Gasteiger partial charge is 0.459 e. The van der Waals surface area contributed by atoms with Gasteiger partial charge in [0, 0.05) is 0 Å². The molecule has 2 saturated heterocycles. The highest BCUT2D eigenvalue weighted by Gasteiger charge is 2.62. The van der Waals surface area contributed by atoms with Crippen LogP contribution < -0.4 is 15.3 Å². The molecule has 2 aliphatic rings. The lowest BCUT2D eigenvalue weighted by Crippen LogP contribution is -2.39. The lowest BCUT2D eigenvalue weighted by molar-refractivity contribution is -0.211. The number of esters is 1. The van der Waals surface area contributed by atoms with Crippen molar-refractivity contribution < 1.29 is 37.4 Å². The van der Waals surface area contributed by atoms with E-state index in [1.54, 1.807) is 41.8 Å². The van der Waals surface area contributed by atoms with Gasteiger partial charge >= 0.3 is 13.7 Å². The van der Waals surface area contributed by atoms with E-state index in [0.29, 0.717) is 22.8 Å². The zero-order chi connectivity index (χ0) is 31.7. The van der Waals surface area contributed by atoms with Crippen molar-refractivity contribution in [3.8, 4) is 5.75 Å². The number of anilines is 1. The molecule has 2 unspecified atom stereocenters. The maximum Gasteiger partial charge on any atom is 0.459 e. The Morgan fingerprint density at radius 3 is 2.55 bits per heavy atom. The molecule has 1 aromatic carbocycles. The zero-order valence-corrected chi connectivity index (χ0v) is 26.9. The van der Waals surface area contributed by atoms with E-state index >= 15 is 0 Å². The Bertz CT molecular complexity index is 1500. The topological polar surface area (TPSA) is 158 Å². The average Bonchev–Trinajstić information content (AvgIpc) is 3.64. The summed E-state index contributed by atoms with van der Waals surface area (Å²) < 4.78 is 52.4. The fraction of sp³-hybridized carbons (Fsp3) is 0.567. The summed E-state index contributed by atoms with van der Waals surface area (Å²) in [6.07, 6.45) is 1.25. The molecule has 2 fully saturated rings. The normalized spacial score (nSPS) is 26.4. The van der Waals surface area contributed by atoms with E-state index in [9.17, 15) is 9.36 Å². The van der Waals surface area contributed by atoms with Crippen LogP contribution in [0.4, 0.5) is 5.82 Å². The van der Waals surface area contributed by atoms with Gasteiger partial charge in [-0.3, -0.25) is 9.32 Å². The average molecular weight is 632 g/mol. The summed E-state index contributed by atoms with van der Waals surface area (Å²) in [6.45, 7) is 11.2. The number of rotatable bonds is 13. The molecule has 0 bridgehead atoms. The van der Waals surface area contributed by atoms with E-state index in [1.807, 2.05) is 46.8 Å². The standard InChI is InChI=1S/C30H42N5O8P/c1-7-20(8-2)16-38-28(36)19(3)34-44(37,43-21-12-10-9-11-13-21)39-17-23-25-26(42-29(4,5)41-25)30(6,40-23)24-15-14-22-27(31)32-18-33-35(22)24/h9-15,18-20,23,25-26H,7-8,16-17H2,1-6H3,(H,34,37)(H2,31,32,33)/t19-,23+,25?,26?,30-,44-/m0/s1. The van der Waals surface area contributed by atoms with Crippen LogP contribution in [0.25, 0.3) is 5.52 Å². The zero-order valence-electron chi connectivity index (χ0n) is 26.0. The largest absolute Gasteiger partial charge is 0.464 e. The number of para-hydroxylation sites is 1. The second-order valence-corrected chi connectivity index (χ2v) is 13.5. The van der Waals surface area contributed by atoms with Gasteiger partial charge in [-0.25, -0.2) is 14.1 Å². The van der Waals surface area contributed by atoms with Crippen molar-refractivity contribution in [1.29, 1.82) is 0 Å². The van der Waals surface area contributed by atoms with E-state index in [4.69, 9.17) is 33.7 Å². The number of nitrogens with one attached hydrogen (secondary N) is 1. The number of ether oxygens (including phenoxy) is 4. The Hall–Kier alpha value is -3.06. The molecule has 14 heteroatoms. The monoisotopic (exact) mass is 631 g/mol. The molecule has 0 spiro atoms. The van der Waals surface area contributed by atoms with Crippen molar-refractivity contribution >= 4 is 25.1 Å². The number of nitrogen functional groups attached to an aromatic ring is 1. The van der Waals surface area contributed by atoms with Gasteiger partial charge in [-0.2, -0.15) is 10.2 Å². The van der Waals surface area contributed by atoms with E-state index in [1.165, 1.54) is 6.33 Å². The number of hydrogen-bond acceptors (Lipinski definition) is 11. The molecule has 0 amide bonds. The van der Waals surface area contributed by atoms with Gasteiger partial charge in [0.2, 0.25) is 0 Å². The van der Waals surface area contributed by atoms with Crippen molar-refractivity contribution in [2.24, 2.45) is 5.92 Å². The number of hydrogen-bond donors (Lipinski definition) is 2. The first-order valence-corrected chi connectivity index (χ1v) is 16.5. The first-order valence-electron chi connectivity index (χ1n) is 14.9. The van der Waals surface area contributed by atoms with Crippen LogP contribution in [0.2, 0.25) is 0 Å². The van der Waals surface area contributed by atoms with Crippen LogP contribution in [0.15, 0.2) is 48.8 Å². The number of carbonyl (C=O) groups is 1. The van der Waals surface area contributed by atoms with Crippen LogP contribution in [0, 0.1) is 5.92 Å². The second-order valence-electron chi connectivity index (χ2n) is 11.8. The molecule has 2 aliphatic heterocycles. The van der Waals surface area contributed by atoms with Crippen LogP contribution in [-0.2, 0) is 38.4 Å². The molecule has 0 aliphatic carbocycles. The highest BCUT2D eigenvalue weighted by atomic mass is 31.2. The number of nitrogens with zero attached hydrogens (tertiary/aromatic N) is 3. The van der Waals surface area contributed by atoms with Crippen LogP contribution in [0.1, 0.15) is 60.1 Å². The van der Waals surface area contributed by atoms with Crippen molar-refractivity contribution in [2.45, 2.75) is 90.1 Å². The lowest BCUT2D eigenvalue weighted by atomic mass is 9.93. The van der Waals surface area contributed by atoms with E-state index < -0.39 is 49.5 Å². The van der Waals surface area contributed by atoms with Gasteiger partial charge < -0.3 is 29.2 Å². The molecular formula is C30H42N5O8P. The van der Waals surface area contributed by atoms with Crippen LogP contribution in [-0.4, -0.2) is 63.9 Å². The molecule has 3 N–H and O–H groups in total. The summed E-state index contributed by atoms with van der Waals surface area (Å²) in [4.78, 5) is 16.9. The molecule has 240 valence electrons. The van der Waals surface area contributed by atoms with Gasteiger partial charge in [-0.15, -0.1) is 0 Å². The summed E-state index contributed by atoms with van der Waals surface area (Å²) in [5.41, 5.74) is 6.33. The Morgan fingerprint density at radius 2 is 1.84 bits per heavy atom. The third-order valence-electron chi connectivity index (χ3n) is 8.12. The van der Waals surface area contributed by atoms with Crippen LogP contribution in [0.5, 0.6) is 5.75 Å². The van der Waals surface area contributed by atoms with Gasteiger partial charge in [0.05, 0.1) is 18.9 Å². The lowest BCUT2D eigenvalue weighted by Gasteiger charge is -2.31. The molecular weight excluding hydrogens is 589 g/mol. The second kappa shape index (κ2) is 12.7. The van der Waals surface area contributed by atoms with Gasteiger partial charge in [0.1, 0.15) is 47.5 Å². The maximum absolute atomic E-state index is 14.2. The minimum absolute atomic E-state index is 0.205. The van der Waals surface area contributed by atoms with E-state index in [2.05, 4.69) is 15.2 Å². The fourth-order valence-electron chi connectivity index (χ4n) is 5.62. The summed E-state index contributed by atoms with van der Waals surface area (Å²) in [7, 11) is -4.15. The molecule has 5 rings (SSSR count). The summed E-state index contributed by atoms with van der Waals surface area (Å²) in [5, 5.41) is 7.14. The Labute approximate surface area is 257 Å². The van der Waals surface area contributed by atoms with Crippen LogP contribution >= 0.6 is 7.75 Å². The van der Waals surface area contributed by atoms with Crippen molar-refractivity contribution in [3.63, 3.8) is 0 Å². The summed E-state index contributed by atoms with van der Waals surface area (Å²) in [6, 6.07) is 11.3. The first-order chi connectivity index (χ1) is 20.9. The third-order valence-corrected chi connectivity index (χ3v) is 9.77. The number of fused-ring (bicyclic) bond motifs is 2. The fourth-order valence-corrected chi connectivity index (χ4v) is 7.12. The minimum Gasteiger partial charge on any atom is -0.464 e. The molecule has 0 saturated carbocycles. The van der Waals surface area contributed by atoms with Crippen molar-refractivity contribution in [1.82, 2.24) is 19.7 Å². The number of aromatic nitrogens is 3. The first kappa shape index (κ1) is 32.3. The SMILES string of the molecule is CCC(CC)COC(=O)[C@H](C)N[P@](=O)(OC[C@H]1O[C@@](C)(c2ccc3c(N)ncnn23)C2OC(C)(C)OC21)Oc1ccccc1. The molecule has 2 aromatic heterocycles. The van der Waals surface area contributed by atoms with Gasteiger partial charge in [0.25, 0.3) is 0 Å². The highest BCUT2D eigenvalue weighted by Crippen LogP contribution is 2.51. The number of benzene rings is 1. The maximum atomic E-state index is 14.2.